The summed E-state index contributed by atoms with van der Waals surface area (Å²) < 4.78 is 0. The molecule has 1 aliphatic rings. The number of hydrogen-bond donors (Lipinski definition) is 0. The third-order valence-corrected chi connectivity index (χ3v) is 4.60. The second-order valence-corrected chi connectivity index (χ2v) is 5.51. The molecule has 0 aromatic heterocycles. The molecule has 0 atom stereocenters. The Hall–Kier alpha value is -0.980. The lowest BCUT2D eigenvalue weighted by Gasteiger charge is -2.28. The van der Waals surface area contributed by atoms with Crippen LogP contribution >= 0.6 is 0 Å². The maximum Gasteiger partial charge on any atom is 0.0366 e. The van der Waals surface area contributed by atoms with Crippen molar-refractivity contribution in [2.45, 2.75) is 51.9 Å². The zero-order valence-electron chi connectivity index (χ0n) is 11.5. The van der Waals surface area contributed by atoms with Crippen molar-refractivity contribution in [1.29, 1.82) is 0 Å². The fourth-order valence-corrected chi connectivity index (χ4v) is 2.71. The Morgan fingerprint density at radius 2 is 1.53 bits per heavy atom. The third kappa shape index (κ3) is 2.48. The van der Waals surface area contributed by atoms with Crippen molar-refractivity contribution >= 4 is 5.69 Å². The van der Waals surface area contributed by atoms with E-state index in [0.29, 0.717) is 5.41 Å². The normalized spacial score (nSPS) is 16.5. The van der Waals surface area contributed by atoms with E-state index in [4.69, 9.17) is 0 Å². The van der Waals surface area contributed by atoms with Crippen molar-refractivity contribution in [3.05, 3.63) is 29.8 Å². The zero-order chi connectivity index (χ0) is 12.3. The molecule has 1 aromatic rings. The SMILES string of the molecule is CCC(C)(CC)c1ccc(N2CCCC2)cc1. The van der Waals surface area contributed by atoms with Gasteiger partial charge in [-0.3, -0.25) is 0 Å². The van der Waals surface area contributed by atoms with Gasteiger partial charge in [-0.1, -0.05) is 32.9 Å². The standard InChI is InChI=1S/C16H25N/c1-4-16(3,5-2)14-8-10-15(11-9-14)17-12-6-7-13-17/h8-11H,4-7,12-13H2,1-3H3. The van der Waals surface area contributed by atoms with Gasteiger partial charge in [0.25, 0.3) is 0 Å². The average Bonchev–Trinajstić information content (AvgIpc) is 2.92. The lowest BCUT2D eigenvalue weighted by atomic mass is 9.78. The van der Waals surface area contributed by atoms with Gasteiger partial charge >= 0.3 is 0 Å². The predicted octanol–water partition coefficient (Wildman–Crippen LogP) is 4.36. The van der Waals surface area contributed by atoms with E-state index >= 15 is 0 Å². The van der Waals surface area contributed by atoms with E-state index in [-0.39, 0.29) is 0 Å². The summed E-state index contributed by atoms with van der Waals surface area (Å²) in [4.78, 5) is 2.50. The van der Waals surface area contributed by atoms with Crippen molar-refractivity contribution in [3.63, 3.8) is 0 Å². The highest BCUT2D eigenvalue weighted by molar-refractivity contribution is 5.49. The molecule has 0 radical (unpaired) electrons. The molecular formula is C16H25N. The fraction of sp³-hybridized carbons (Fsp3) is 0.625. The Balaban J connectivity index is 2.17. The van der Waals surface area contributed by atoms with Gasteiger partial charge in [0, 0.05) is 18.8 Å². The lowest BCUT2D eigenvalue weighted by molar-refractivity contribution is 0.439. The van der Waals surface area contributed by atoms with E-state index in [1.165, 1.54) is 50.0 Å². The van der Waals surface area contributed by atoms with E-state index < -0.39 is 0 Å². The first-order valence-electron chi connectivity index (χ1n) is 7.05. The van der Waals surface area contributed by atoms with Crippen LogP contribution in [0.4, 0.5) is 5.69 Å². The molecule has 2 rings (SSSR count). The topological polar surface area (TPSA) is 3.24 Å². The Kier molecular flexibility index (Phi) is 3.76. The van der Waals surface area contributed by atoms with Crippen LogP contribution in [0.1, 0.15) is 52.0 Å². The molecule has 94 valence electrons. The molecule has 1 heterocycles. The quantitative estimate of drug-likeness (QED) is 0.744. The Bertz CT molecular complexity index is 342. The van der Waals surface area contributed by atoms with Crippen molar-refractivity contribution in [2.75, 3.05) is 18.0 Å². The predicted molar refractivity (Wildman–Crippen MR) is 75.8 cm³/mol. The summed E-state index contributed by atoms with van der Waals surface area (Å²) in [6.07, 6.45) is 5.13. The zero-order valence-corrected chi connectivity index (χ0v) is 11.5. The van der Waals surface area contributed by atoms with Crippen LogP contribution in [0.2, 0.25) is 0 Å². The van der Waals surface area contributed by atoms with Crippen molar-refractivity contribution < 1.29 is 0 Å². The minimum absolute atomic E-state index is 0.351. The molecule has 0 spiro atoms. The minimum atomic E-state index is 0.351. The lowest BCUT2D eigenvalue weighted by Crippen LogP contribution is -2.20. The number of hydrogen-bond acceptors (Lipinski definition) is 1. The third-order valence-electron chi connectivity index (χ3n) is 4.60. The molecule has 0 bridgehead atoms. The summed E-state index contributed by atoms with van der Waals surface area (Å²) in [5.74, 6) is 0. The first-order chi connectivity index (χ1) is 8.19. The molecular weight excluding hydrogens is 206 g/mol. The van der Waals surface area contributed by atoms with Crippen LogP contribution in [0.15, 0.2) is 24.3 Å². The molecule has 0 amide bonds. The first kappa shape index (κ1) is 12.5. The maximum atomic E-state index is 2.50. The van der Waals surface area contributed by atoms with Crippen molar-refractivity contribution in [2.24, 2.45) is 0 Å². The molecule has 1 fully saturated rings. The Morgan fingerprint density at radius 3 is 2.00 bits per heavy atom. The van der Waals surface area contributed by atoms with Gasteiger partial charge < -0.3 is 4.90 Å². The molecule has 17 heavy (non-hydrogen) atoms. The average molecular weight is 231 g/mol. The van der Waals surface area contributed by atoms with Gasteiger partial charge in [0.2, 0.25) is 0 Å². The monoisotopic (exact) mass is 231 g/mol. The summed E-state index contributed by atoms with van der Waals surface area (Å²) >= 11 is 0. The van der Waals surface area contributed by atoms with Crippen LogP contribution in [-0.4, -0.2) is 13.1 Å². The molecule has 1 heteroatoms. The van der Waals surface area contributed by atoms with Gasteiger partial charge in [-0.2, -0.15) is 0 Å². The molecule has 1 saturated heterocycles. The summed E-state index contributed by atoms with van der Waals surface area (Å²) in [6.45, 7) is 9.42. The highest BCUT2D eigenvalue weighted by Crippen LogP contribution is 2.32. The van der Waals surface area contributed by atoms with E-state index in [1.54, 1.807) is 0 Å². The molecule has 0 aliphatic carbocycles. The van der Waals surface area contributed by atoms with E-state index in [9.17, 15) is 0 Å². The number of benzene rings is 1. The van der Waals surface area contributed by atoms with Crippen molar-refractivity contribution in [3.8, 4) is 0 Å². The van der Waals surface area contributed by atoms with Crippen LogP contribution in [0.3, 0.4) is 0 Å². The smallest absolute Gasteiger partial charge is 0.0366 e. The summed E-state index contributed by atoms with van der Waals surface area (Å²) in [7, 11) is 0. The molecule has 0 N–H and O–H groups in total. The van der Waals surface area contributed by atoms with E-state index in [2.05, 4.69) is 49.9 Å². The van der Waals surface area contributed by atoms with Crippen LogP contribution in [0, 0.1) is 0 Å². The summed E-state index contributed by atoms with van der Waals surface area (Å²) in [5, 5.41) is 0. The van der Waals surface area contributed by atoms with Crippen LogP contribution in [0.25, 0.3) is 0 Å². The summed E-state index contributed by atoms with van der Waals surface area (Å²) in [6, 6.07) is 9.29. The van der Waals surface area contributed by atoms with Crippen LogP contribution in [-0.2, 0) is 5.41 Å². The van der Waals surface area contributed by atoms with Gasteiger partial charge in [0.05, 0.1) is 0 Å². The first-order valence-corrected chi connectivity index (χ1v) is 7.05. The molecule has 1 aromatic carbocycles. The van der Waals surface area contributed by atoms with Crippen LogP contribution < -0.4 is 4.90 Å². The summed E-state index contributed by atoms with van der Waals surface area (Å²) in [5.41, 5.74) is 3.25. The van der Waals surface area contributed by atoms with E-state index in [0.717, 1.165) is 0 Å². The van der Waals surface area contributed by atoms with Gasteiger partial charge in [0.1, 0.15) is 0 Å². The van der Waals surface area contributed by atoms with Gasteiger partial charge in [-0.15, -0.1) is 0 Å². The van der Waals surface area contributed by atoms with Gasteiger partial charge in [-0.05, 0) is 48.8 Å². The fourth-order valence-electron chi connectivity index (χ4n) is 2.71. The van der Waals surface area contributed by atoms with Crippen LogP contribution in [0.5, 0.6) is 0 Å². The molecule has 1 aliphatic heterocycles. The second-order valence-electron chi connectivity index (χ2n) is 5.51. The highest BCUT2D eigenvalue weighted by Gasteiger charge is 2.22. The Labute approximate surface area is 106 Å². The maximum absolute atomic E-state index is 2.50. The molecule has 0 unspecified atom stereocenters. The Morgan fingerprint density at radius 1 is 1.00 bits per heavy atom. The number of anilines is 1. The highest BCUT2D eigenvalue weighted by atomic mass is 15.1. The minimum Gasteiger partial charge on any atom is -0.372 e. The molecule has 0 saturated carbocycles. The van der Waals surface area contributed by atoms with Crippen molar-refractivity contribution in [1.82, 2.24) is 0 Å². The molecule has 1 nitrogen and oxygen atoms in total. The van der Waals surface area contributed by atoms with Gasteiger partial charge in [0.15, 0.2) is 0 Å². The number of nitrogens with zero attached hydrogens (tertiary/aromatic N) is 1. The van der Waals surface area contributed by atoms with Gasteiger partial charge in [-0.25, -0.2) is 0 Å². The number of rotatable bonds is 4. The second kappa shape index (κ2) is 5.12. The largest absolute Gasteiger partial charge is 0.372 e. The van der Waals surface area contributed by atoms with E-state index in [1.807, 2.05) is 0 Å².